The molecule has 0 heterocycles. The van der Waals surface area contributed by atoms with Crippen LogP contribution in [-0.2, 0) is 16.4 Å². The van der Waals surface area contributed by atoms with Crippen LogP contribution in [0, 0.1) is 0 Å². The molecule has 2 rings (SSSR count). The molecule has 1 N–H and O–H groups in total. The zero-order chi connectivity index (χ0) is 19.2. The summed E-state index contributed by atoms with van der Waals surface area (Å²) in [5.41, 5.74) is 1.85. The predicted molar refractivity (Wildman–Crippen MR) is 106 cm³/mol. The van der Waals surface area contributed by atoms with Gasteiger partial charge in [-0.15, -0.1) is 0 Å². The molecule has 7 heteroatoms. The van der Waals surface area contributed by atoms with E-state index in [0.717, 1.165) is 16.9 Å². The summed E-state index contributed by atoms with van der Waals surface area (Å²) in [6.45, 7) is 0.266. The van der Waals surface area contributed by atoms with Crippen molar-refractivity contribution in [1.82, 2.24) is 9.62 Å². The van der Waals surface area contributed by atoms with Gasteiger partial charge in [-0.05, 0) is 49.8 Å². The maximum atomic E-state index is 12.4. The van der Waals surface area contributed by atoms with E-state index < -0.39 is 10.0 Å². The van der Waals surface area contributed by atoms with Crippen molar-refractivity contribution < 1.29 is 13.2 Å². The largest absolute Gasteiger partial charge is 0.497 e. The van der Waals surface area contributed by atoms with Crippen molar-refractivity contribution in [3.8, 4) is 5.75 Å². The highest BCUT2D eigenvalue weighted by Crippen LogP contribution is 2.25. The number of halogens is 1. The van der Waals surface area contributed by atoms with Crippen molar-refractivity contribution in [2.75, 3.05) is 33.5 Å². The number of nitrogens with one attached hydrogen (secondary N) is 1. The molecule has 142 valence electrons. The molecule has 5 nitrogen and oxygen atoms in total. The smallest absolute Gasteiger partial charge is 0.211 e. The highest BCUT2D eigenvalue weighted by atomic mass is 35.5. The highest BCUT2D eigenvalue weighted by Gasteiger charge is 2.20. The second-order valence-electron chi connectivity index (χ2n) is 6.27. The third-order valence-electron chi connectivity index (χ3n) is 4.20. The van der Waals surface area contributed by atoms with Gasteiger partial charge in [0.05, 0.1) is 12.9 Å². The normalized spacial score (nSPS) is 13.0. The van der Waals surface area contributed by atoms with Crippen molar-refractivity contribution in [3.63, 3.8) is 0 Å². The zero-order valence-electron chi connectivity index (χ0n) is 15.3. The van der Waals surface area contributed by atoms with Crippen LogP contribution in [0.25, 0.3) is 0 Å². The first kappa shape index (κ1) is 20.7. The Morgan fingerprint density at radius 1 is 1.12 bits per heavy atom. The third-order valence-corrected chi connectivity index (χ3v) is 5.89. The summed E-state index contributed by atoms with van der Waals surface area (Å²) in [6, 6.07) is 14.8. The van der Waals surface area contributed by atoms with Gasteiger partial charge in [0.15, 0.2) is 0 Å². The molecule has 0 aliphatic carbocycles. The number of aryl methyl sites for hydroxylation is 1. The number of ether oxygens (including phenoxy) is 1. The first-order valence-electron chi connectivity index (χ1n) is 8.33. The van der Waals surface area contributed by atoms with E-state index in [-0.39, 0.29) is 18.3 Å². The molecule has 0 aliphatic heterocycles. The summed E-state index contributed by atoms with van der Waals surface area (Å²) >= 11 is 6.26. The second-order valence-corrected chi connectivity index (χ2v) is 8.60. The standard InChI is InChI=1S/C19H25ClN2O3S/c1-22(2)19(17-6-4-5-7-18(17)20)14-21-26(23,24)13-12-15-8-10-16(25-3)11-9-15/h4-11,19,21H,12-14H2,1-3H3. The van der Waals surface area contributed by atoms with Gasteiger partial charge in [-0.2, -0.15) is 0 Å². The number of sulfonamides is 1. The lowest BCUT2D eigenvalue weighted by atomic mass is 10.1. The molecule has 0 radical (unpaired) electrons. The van der Waals surface area contributed by atoms with E-state index in [1.54, 1.807) is 7.11 Å². The molecular weight excluding hydrogens is 372 g/mol. The van der Waals surface area contributed by atoms with Crippen LogP contribution in [-0.4, -0.2) is 46.8 Å². The fourth-order valence-corrected chi connectivity index (χ4v) is 3.96. The number of benzene rings is 2. The zero-order valence-corrected chi connectivity index (χ0v) is 16.8. The summed E-state index contributed by atoms with van der Waals surface area (Å²) < 4.78 is 32.6. The monoisotopic (exact) mass is 396 g/mol. The first-order chi connectivity index (χ1) is 12.3. The average Bonchev–Trinajstić information content (AvgIpc) is 2.62. The molecule has 0 bridgehead atoms. The lowest BCUT2D eigenvalue weighted by Crippen LogP contribution is -2.36. The van der Waals surface area contributed by atoms with Gasteiger partial charge in [-0.25, -0.2) is 13.1 Å². The highest BCUT2D eigenvalue weighted by molar-refractivity contribution is 7.89. The Morgan fingerprint density at radius 3 is 2.35 bits per heavy atom. The molecule has 0 amide bonds. The summed E-state index contributed by atoms with van der Waals surface area (Å²) in [7, 11) is 2.01. The van der Waals surface area contributed by atoms with E-state index in [4.69, 9.17) is 16.3 Å². The second kappa shape index (κ2) is 9.37. The quantitative estimate of drug-likeness (QED) is 0.707. The number of methoxy groups -OCH3 is 1. The lowest BCUT2D eigenvalue weighted by Gasteiger charge is -2.26. The molecule has 0 saturated carbocycles. The molecule has 0 aromatic heterocycles. The Morgan fingerprint density at radius 2 is 1.77 bits per heavy atom. The van der Waals surface area contributed by atoms with Gasteiger partial charge in [-0.1, -0.05) is 41.9 Å². The van der Waals surface area contributed by atoms with Gasteiger partial charge >= 0.3 is 0 Å². The van der Waals surface area contributed by atoms with Crippen molar-refractivity contribution in [2.24, 2.45) is 0 Å². The summed E-state index contributed by atoms with van der Waals surface area (Å²) in [5.74, 6) is 0.783. The van der Waals surface area contributed by atoms with Crippen molar-refractivity contribution >= 4 is 21.6 Å². The molecular formula is C19H25ClN2O3S. The Labute approximate surface area is 161 Å². The van der Waals surface area contributed by atoms with Crippen LogP contribution < -0.4 is 9.46 Å². The molecule has 1 atom stereocenters. The Bertz CT molecular complexity index is 808. The maximum Gasteiger partial charge on any atom is 0.211 e. The molecule has 0 spiro atoms. The van der Waals surface area contributed by atoms with Gasteiger partial charge in [0, 0.05) is 17.6 Å². The van der Waals surface area contributed by atoms with Crippen molar-refractivity contribution in [2.45, 2.75) is 12.5 Å². The van der Waals surface area contributed by atoms with Gasteiger partial charge in [0.1, 0.15) is 5.75 Å². The van der Waals surface area contributed by atoms with E-state index in [2.05, 4.69) is 4.72 Å². The molecule has 26 heavy (non-hydrogen) atoms. The minimum atomic E-state index is -3.40. The van der Waals surface area contributed by atoms with E-state index in [1.165, 1.54) is 0 Å². The molecule has 0 saturated heterocycles. The Balaban J connectivity index is 1.97. The topological polar surface area (TPSA) is 58.6 Å². The van der Waals surface area contributed by atoms with E-state index >= 15 is 0 Å². The van der Waals surface area contributed by atoms with Crippen LogP contribution in [0.3, 0.4) is 0 Å². The molecule has 2 aromatic carbocycles. The maximum absolute atomic E-state index is 12.4. The van der Waals surface area contributed by atoms with Crippen LogP contribution in [0.4, 0.5) is 0 Å². The molecule has 0 fully saturated rings. The van der Waals surface area contributed by atoms with Gasteiger partial charge in [0.25, 0.3) is 0 Å². The fourth-order valence-electron chi connectivity index (χ4n) is 2.64. The fraction of sp³-hybridized carbons (Fsp3) is 0.368. The Kier molecular flexibility index (Phi) is 7.46. The minimum absolute atomic E-state index is 0.0298. The molecule has 2 aromatic rings. The van der Waals surface area contributed by atoms with Crippen LogP contribution >= 0.6 is 11.6 Å². The number of hydrogen-bond acceptors (Lipinski definition) is 4. The third kappa shape index (κ3) is 5.99. The van der Waals surface area contributed by atoms with E-state index in [1.807, 2.05) is 67.5 Å². The average molecular weight is 397 g/mol. The number of rotatable bonds is 9. The van der Waals surface area contributed by atoms with E-state index in [9.17, 15) is 8.42 Å². The number of hydrogen-bond donors (Lipinski definition) is 1. The summed E-state index contributed by atoms with van der Waals surface area (Å²) in [6.07, 6.45) is 0.443. The molecule has 1 unspecified atom stereocenters. The lowest BCUT2D eigenvalue weighted by molar-refractivity contribution is 0.299. The summed E-state index contributed by atoms with van der Waals surface area (Å²) in [4.78, 5) is 1.95. The first-order valence-corrected chi connectivity index (χ1v) is 10.4. The number of likely N-dealkylation sites (N-methyl/N-ethyl adjacent to an activating group) is 1. The van der Waals surface area contributed by atoms with Crippen molar-refractivity contribution in [3.05, 3.63) is 64.7 Å². The van der Waals surface area contributed by atoms with Crippen LogP contribution in [0.1, 0.15) is 17.2 Å². The van der Waals surface area contributed by atoms with Gasteiger partial charge < -0.3 is 9.64 Å². The predicted octanol–water partition coefficient (Wildman–Crippen LogP) is 3.11. The SMILES string of the molecule is COc1ccc(CCS(=O)(=O)NCC(c2ccccc2Cl)N(C)C)cc1. The van der Waals surface area contributed by atoms with Crippen LogP contribution in [0.15, 0.2) is 48.5 Å². The molecule has 0 aliphatic rings. The summed E-state index contributed by atoms with van der Waals surface area (Å²) in [5, 5.41) is 0.628. The van der Waals surface area contributed by atoms with E-state index in [0.29, 0.717) is 11.4 Å². The van der Waals surface area contributed by atoms with Crippen LogP contribution in [0.2, 0.25) is 5.02 Å². The Hall–Kier alpha value is -1.60. The van der Waals surface area contributed by atoms with Gasteiger partial charge in [-0.3, -0.25) is 0 Å². The number of nitrogens with zero attached hydrogens (tertiary/aromatic N) is 1. The van der Waals surface area contributed by atoms with Crippen LogP contribution in [0.5, 0.6) is 5.75 Å². The minimum Gasteiger partial charge on any atom is -0.497 e. The van der Waals surface area contributed by atoms with Gasteiger partial charge in [0.2, 0.25) is 10.0 Å². The van der Waals surface area contributed by atoms with Crippen molar-refractivity contribution in [1.29, 1.82) is 0 Å².